The number of aromatic amines is 1. The summed E-state index contributed by atoms with van der Waals surface area (Å²) in [6, 6.07) is 5.44. The first-order chi connectivity index (χ1) is 12.0. The molecule has 1 N–H and O–H groups in total. The standard InChI is InChI=1S/C18H21ClN4O2/c1-12-5-6-13(11-14(12)19)17-20-18(25)15(21-22-17)7-8-16(24)23-9-3-2-4-10-23/h5-6,11H,2-4,7-10H2,1H3,(H,20,22,25). The molecule has 3 rings (SSSR count). The number of rotatable bonds is 4. The molecule has 0 unspecified atom stereocenters. The van der Waals surface area contributed by atoms with E-state index in [-0.39, 0.29) is 23.6 Å². The van der Waals surface area contributed by atoms with Crippen LogP contribution in [0.1, 0.15) is 36.9 Å². The lowest BCUT2D eigenvalue weighted by Gasteiger charge is -2.26. The Morgan fingerprint density at radius 3 is 2.68 bits per heavy atom. The molecule has 25 heavy (non-hydrogen) atoms. The molecule has 0 aliphatic carbocycles. The molecule has 0 radical (unpaired) electrons. The molecule has 7 heteroatoms. The maximum absolute atomic E-state index is 12.2. The Hall–Kier alpha value is -2.21. The maximum Gasteiger partial charge on any atom is 0.273 e. The zero-order valence-corrected chi connectivity index (χ0v) is 15.0. The number of piperidine rings is 1. The monoisotopic (exact) mass is 360 g/mol. The van der Waals surface area contributed by atoms with Crippen molar-refractivity contribution < 1.29 is 4.79 Å². The number of carbonyl (C=O) groups excluding carboxylic acids is 1. The Balaban J connectivity index is 1.68. The molecule has 0 bridgehead atoms. The molecule has 1 aliphatic rings. The van der Waals surface area contributed by atoms with Gasteiger partial charge in [-0.1, -0.05) is 23.7 Å². The van der Waals surface area contributed by atoms with Crippen molar-refractivity contribution in [3.63, 3.8) is 0 Å². The van der Waals surface area contributed by atoms with E-state index in [0.29, 0.717) is 22.8 Å². The Kier molecular flexibility index (Phi) is 5.48. The molecule has 1 amide bonds. The predicted molar refractivity (Wildman–Crippen MR) is 96.6 cm³/mol. The van der Waals surface area contributed by atoms with Gasteiger partial charge in [0.15, 0.2) is 5.82 Å². The minimum absolute atomic E-state index is 0.0790. The number of aryl methyl sites for hydroxylation is 2. The summed E-state index contributed by atoms with van der Waals surface area (Å²) in [4.78, 5) is 29.0. The highest BCUT2D eigenvalue weighted by Gasteiger charge is 2.17. The largest absolute Gasteiger partial charge is 0.343 e. The highest BCUT2D eigenvalue weighted by atomic mass is 35.5. The molecule has 132 valence electrons. The lowest BCUT2D eigenvalue weighted by molar-refractivity contribution is -0.132. The average Bonchev–Trinajstić information content (AvgIpc) is 2.63. The lowest BCUT2D eigenvalue weighted by Crippen LogP contribution is -2.36. The summed E-state index contributed by atoms with van der Waals surface area (Å²) in [6.45, 7) is 3.53. The highest BCUT2D eigenvalue weighted by molar-refractivity contribution is 6.31. The van der Waals surface area contributed by atoms with Crippen LogP contribution in [0.5, 0.6) is 0 Å². The summed E-state index contributed by atoms with van der Waals surface area (Å²) >= 11 is 6.11. The second-order valence-corrected chi connectivity index (χ2v) is 6.76. The van der Waals surface area contributed by atoms with Crippen LogP contribution in [0.15, 0.2) is 23.0 Å². The van der Waals surface area contributed by atoms with Gasteiger partial charge in [0.2, 0.25) is 5.91 Å². The quantitative estimate of drug-likeness (QED) is 0.909. The number of hydrogen-bond donors (Lipinski definition) is 1. The Labute approximate surface area is 151 Å². The van der Waals surface area contributed by atoms with Crippen molar-refractivity contribution in [1.29, 1.82) is 0 Å². The average molecular weight is 361 g/mol. The van der Waals surface area contributed by atoms with Gasteiger partial charge in [-0.05, 0) is 37.8 Å². The summed E-state index contributed by atoms with van der Waals surface area (Å²) in [5.74, 6) is 0.452. The van der Waals surface area contributed by atoms with Gasteiger partial charge in [0.05, 0.1) is 0 Å². The number of halogens is 1. The molecule has 2 aromatic rings. The van der Waals surface area contributed by atoms with E-state index in [1.54, 1.807) is 6.07 Å². The summed E-state index contributed by atoms with van der Waals surface area (Å²) < 4.78 is 0. The maximum atomic E-state index is 12.2. The zero-order valence-electron chi connectivity index (χ0n) is 14.2. The van der Waals surface area contributed by atoms with Crippen LogP contribution in [0.4, 0.5) is 0 Å². The number of nitrogens with zero attached hydrogens (tertiary/aromatic N) is 3. The van der Waals surface area contributed by atoms with E-state index in [2.05, 4.69) is 15.2 Å². The van der Waals surface area contributed by atoms with Crippen LogP contribution < -0.4 is 5.56 Å². The number of nitrogens with one attached hydrogen (secondary N) is 1. The van der Waals surface area contributed by atoms with E-state index in [1.165, 1.54) is 6.42 Å². The molecule has 6 nitrogen and oxygen atoms in total. The first-order valence-electron chi connectivity index (χ1n) is 8.55. The van der Waals surface area contributed by atoms with Gasteiger partial charge in [-0.15, -0.1) is 10.2 Å². The summed E-state index contributed by atoms with van der Waals surface area (Å²) in [7, 11) is 0. The molecular weight excluding hydrogens is 340 g/mol. The van der Waals surface area contributed by atoms with E-state index in [4.69, 9.17) is 11.6 Å². The van der Waals surface area contributed by atoms with Crippen molar-refractivity contribution in [2.24, 2.45) is 0 Å². The van der Waals surface area contributed by atoms with E-state index >= 15 is 0 Å². The molecule has 1 aromatic carbocycles. The van der Waals surface area contributed by atoms with Crippen LogP contribution in [0, 0.1) is 6.92 Å². The van der Waals surface area contributed by atoms with E-state index < -0.39 is 0 Å². The van der Waals surface area contributed by atoms with Crippen LogP contribution >= 0.6 is 11.6 Å². The molecule has 1 aromatic heterocycles. The van der Waals surface area contributed by atoms with Crippen molar-refractivity contribution in [2.75, 3.05) is 13.1 Å². The number of carbonyl (C=O) groups is 1. The topological polar surface area (TPSA) is 79.0 Å². The predicted octanol–water partition coefficient (Wildman–Crippen LogP) is 2.74. The van der Waals surface area contributed by atoms with Gasteiger partial charge >= 0.3 is 0 Å². The van der Waals surface area contributed by atoms with E-state index in [1.807, 2.05) is 24.0 Å². The molecular formula is C18H21ClN4O2. The minimum atomic E-state index is -0.312. The van der Waals surface area contributed by atoms with Crippen LogP contribution in [-0.2, 0) is 11.2 Å². The van der Waals surface area contributed by atoms with Gasteiger partial charge < -0.3 is 9.88 Å². The van der Waals surface area contributed by atoms with Crippen molar-refractivity contribution in [2.45, 2.75) is 39.0 Å². The number of H-pyrrole nitrogens is 1. The first-order valence-corrected chi connectivity index (χ1v) is 8.92. The second-order valence-electron chi connectivity index (χ2n) is 6.35. The normalized spacial score (nSPS) is 14.6. The number of likely N-dealkylation sites (tertiary alicyclic amines) is 1. The number of amides is 1. The Morgan fingerprint density at radius 2 is 2.00 bits per heavy atom. The number of aromatic nitrogens is 3. The van der Waals surface area contributed by atoms with Gasteiger partial charge in [0, 0.05) is 36.5 Å². The molecule has 1 aliphatic heterocycles. The fraction of sp³-hybridized carbons (Fsp3) is 0.444. The van der Waals surface area contributed by atoms with Gasteiger partial charge in [0.25, 0.3) is 5.56 Å². The van der Waals surface area contributed by atoms with Crippen LogP contribution in [0.2, 0.25) is 5.02 Å². The van der Waals surface area contributed by atoms with Crippen LogP contribution in [0.25, 0.3) is 11.4 Å². The Morgan fingerprint density at radius 1 is 1.24 bits per heavy atom. The molecule has 2 heterocycles. The number of hydrogen-bond acceptors (Lipinski definition) is 4. The lowest BCUT2D eigenvalue weighted by atomic mass is 10.1. The van der Waals surface area contributed by atoms with E-state index in [0.717, 1.165) is 31.5 Å². The smallest absolute Gasteiger partial charge is 0.273 e. The third-order valence-corrected chi connectivity index (χ3v) is 4.90. The summed E-state index contributed by atoms with van der Waals surface area (Å²) in [5.41, 5.74) is 1.63. The first kappa shape index (κ1) is 17.6. The van der Waals surface area contributed by atoms with Crippen molar-refractivity contribution in [3.05, 3.63) is 44.8 Å². The van der Waals surface area contributed by atoms with Gasteiger partial charge in [-0.25, -0.2) is 0 Å². The third-order valence-electron chi connectivity index (χ3n) is 4.49. The Bertz CT molecular complexity index is 828. The highest BCUT2D eigenvalue weighted by Crippen LogP contribution is 2.21. The molecule has 0 saturated carbocycles. The zero-order chi connectivity index (χ0) is 17.8. The molecule has 1 saturated heterocycles. The molecule has 0 spiro atoms. The third kappa shape index (κ3) is 4.25. The SMILES string of the molecule is Cc1ccc(-c2nnc(CCC(=O)N3CCCCC3)c(=O)[nH]2)cc1Cl. The molecule has 1 fully saturated rings. The van der Waals surface area contributed by atoms with Crippen molar-refractivity contribution in [3.8, 4) is 11.4 Å². The van der Waals surface area contributed by atoms with Gasteiger partial charge in [0.1, 0.15) is 5.69 Å². The minimum Gasteiger partial charge on any atom is -0.343 e. The van der Waals surface area contributed by atoms with Crippen molar-refractivity contribution >= 4 is 17.5 Å². The summed E-state index contributed by atoms with van der Waals surface area (Å²) in [5, 5.41) is 8.71. The van der Waals surface area contributed by atoms with Crippen LogP contribution in [0.3, 0.4) is 0 Å². The van der Waals surface area contributed by atoms with Crippen molar-refractivity contribution in [1.82, 2.24) is 20.1 Å². The second kappa shape index (κ2) is 7.78. The van der Waals surface area contributed by atoms with Gasteiger partial charge in [-0.2, -0.15) is 0 Å². The summed E-state index contributed by atoms with van der Waals surface area (Å²) in [6.07, 6.45) is 3.87. The fourth-order valence-electron chi connectivity index (χ4n) is 2.92. The van der Waals surface area contributed by atoms with E-state index in [9.17, 15) is 9.59 Å². The molecule has 0 atom stereocenters. The number of benzene rings is 1. The fourth-order valence-corrected chi connectivity index (χ4v) is 3.10. The van der Waals surface area contributed by atoms with Crippen LogP contribution in [-0.4, -0.2) is 39.1 Å². The van der Waals surface area contributed by atoms with Gasteiger partial charge in [-0.3, -0.25) is 9.59 Å².